The van der Waals surface area contributed by atoms with Crippen molar-refractivity contribution in [1.82, 2.24) is 14.5 Å². The van der Waals surface area contributed by atoms with Gasteiger partial charge in [-0.25, -0.2) is 8.42 Å². The van der Waals surface area contributed by atoms with Crippen LogP contribution in [-0.2, 0) is 32.4 Å². The highest BCUT2D eigenvalue weighted by Crippen LogP contribution is 2.26. The quantitative estimate of drug-likeness (QED) is 0.746. The van der Waals surface area contributed by atoms with Crippen molar-refractivity contribution >= 4 is 15.9 Å². The van der Waals surface area contributed by atoms with Crippen LogP contribution in [0.1, 0.15) is 36.8 Å². The maximum Gasteiger partial charge on any atom is 0.243 e. The second kappa shape index (κ2) is 9.12. The lowest BCUT2D eigenvalue weighted by atomic mass is 9.92. The van der Waals surface area contributed by atoms with Crippen LogP contribution in [0.2, 0.25) is 0 Å². The number of amides is 1. The maximum absolute atomic E-state index is 13.1. The molecule has 29 heavy (non-hydrogen) atoms. The van der Waals surface area contributed by atoms with Gasteiger partial charge in [0.25, 0.3) is 0 Å². The van der Waals surface area contributed by atoms with E-state index in [0.717, 1.165) is 38.7 Å². The molecule has 3 aliphatic rings. The Bertz CT molecular complexity index is 828. The zero-order valence-electron chi connectivity index (χ0n) is 16.9. The van der Waals surface area contributed by atoms with Gasteiger partial charge in [-0.1, -0.05) is 6.07 Å². The lowest BCUT2D eigenvalue weighted by Crippen LogP contribution is -2.51. The summed E-state index contributed by atoms with van der Waals surface area (Å²) < 4.78 is 33.2. The topological polar surface area (TPSA) is 79.0 Å². The van der Waals surface area contributed by atoms with E-state index in [1.165, 1.54) is 17.5 Å². The first-order chi connectivity index (χ1) is 14.0. The van der Waals surface area contributed by atoms with Crippen molar-refractivity contribution in [3.8, 4) is 0 Å². The normalized spacial score (nSPS) is 23.7. The van der Waals surface area contributed by atoms with Crippen LogP contribution in [-0.4, -0.2) is 75.5 Å². The van der Waals surface area contributed by atoms with Crippen LogP contribution in [0.25, 0.3) is 0 Å². The second-order valence-electron chi connectivity index (χ2n) is 8.26. The van der Waals surface area contributed by atoms with Gasteiger partial charge < -0.3 is 10.1 Å². The highest BCUT2D eigenvalue weighted by atomic mass is 32.2. The van der Waals surface area contributed by atoms with Gasteiger partial charge in [0, 0.05) is 39.3 Å². The summed E-state index contributed by atoms with van der Waals surface area (Å²) in [5.74, 6) is -0.0218. The number of rotatable bonds is 6. The lowest BCUT2D eigenvalue weighted by molar-refractivity contribution is -0.123. The molecule has 1 aromatic carbocycles. The van der Waals surface area contributed by atoms with Crippen molar-refractivity contribution in [2.75, 3.05) is 45.9 Å². The van der Waals surface area contributed by atoms with Gasteiger partial charge in [0.05, 0.1) is 17.5 Å². The first-order valence-electron chi connectivity index (χ1n) is 10.7. The number of hydrogen-bond donors (Lipinski definition) is 1. The van der Waals surface area contributed by atoms with Gasteiger partial charge in [0.2, 0.25) is 15.9 Å². The molecule has 2 heterocycles. The number of benzene rings is 1. The molecule has 160 valence electrons. The molecule has 1 amide bonds. The minimum Gasteiger partial charge on any atom is -0.376 e. The SMILES string of the molecule is O=C(CN1CCN(S(=O)(=O)c2ccc3c(c2)CCCC3)CC1)NC[C@H]1CCCO1. The summed E-state index contributed by atoms with van der Waals surface area (Å²) in [5, 5.41) is 2.93. The van der Waals surface area contributed by atoms with Gasteiger partial charge in [-0.2, -0.15) is 4.31 Å². The number of fused-ring (bicyclic) bond motifs is 1. The Morgan fingerprint density at radius 1 is 1.07 bits per heavy atom. The summed E-state index contributed by atoms with van der Waals surface area (Å²) in [5.41, 5.74) is 2.47. The van der Waals surface area contributed by atoms with Crippen LogP contribution in [0, 0.1) is 0 Å². The number of aryl methyl sites for hydroxylation is 2. The molecule has 2 aliphatic heterocycles. The fourth-order valence-electron chi connectivity index (χ4n) is 4.44. The van der Waals surface area contributed by atoms with E-state index in [4.69, 9.17) is 4.74 Å². The van der Waals surface area contributed by atoms with E-state index in [1.54, 1.807) is 10.4 Å². The molecule has 8 heteroatoms. The minimum atomic E-state index is -3.48. The third kappa shape index (κ3) is 4.99. The molecule has 1 aliphatic carbocycles. The number of sulfonamides is 1. The number of hydrogen-bond acceptors (Lipinski definition) is 5. The molecule has 0 saturated carbocycles. The van der Waals surface area contributed by atoms with Gasteiger partial charge >= 0.3 is 0 Å². The Hall–Kier alpha value is -1.48. The third-order valence-corrected chi connectivity index (χ3v) is 8.10. The summed E-state index contributed by atoms with van der Waals surface area (Å²) >= 11 is 0. The summed E-state index contributed by atoms with van der Waals surface area (Å²) in [6.45, 7) is 3.61. The molecular weight excluding hydrogens is 390 g/mol. The average Bonchev–Trinajstić information content (AvgIpc) is 3.26. The Balaban J connectivity index is 1.28. The average molecular weight is 422 g/mol. The van der Waals surface area contributed by atoms with Crippen LogP contribution in [0.5, 0.6) is 0 Å². The molecule has 4 rings (SSSR count). The molecular formula is C21H31N3O4S. The van der Waals surface area contributed by atoms with Crippen LogP contribution in [0.15, 0.2) is 23.1 Å². The zero-order valence-corrected chi connectivity index (χ0v) is 17.8. The fourth-order valence-corrected chi connectivity index (χ4v) is 5.91. The molecule has 0 spiro atoms. The van der Waals surface area contributed by atoms with Gasteiger partial charge in [0.1, 0.15) is 0 Å². The number of piperazine rings is 1. The van der Waals surface area contributed by atoms with Crippen LogP contribution >= 0.6 is 0 Å². The molecule has 1 aromatic rings. The van der Waals surface area contributed by atoms with E-state index in [2.05, 4.69) is 5.32 Å². The van der Waals surface area contributed by atoms with Crippen molar-refractivity contribution in [2.24, 2.45) is 0 Å². The fraction of sp³-hybridized carbons (Fsp3) is 0.667. The predicted octanol–water partition coefficient (Wildman–Crippen LogP) is 1.17. The largest absolute Gasteiger partial charge is 0.376 e. The minimum absolute atomic E-state index is 0.0218. The Morgan fingerprint density at radius 3 is 2.55 bits per heavy atom. The van der Waals surface area contributed by atoms with Gasteiger partial charge in [-0.15, -0.1) is 0 Å². The molecule has 2 saturated heterocycles. The highest BCUT2D eigenvalue weighted by molar-refractivity contribution is 7.89. The van der Waals surface area contributed by atoms with Crippen LogP contribution in [0.3, 0.4) is 0 Å². The van der Waals surface area contributed by atoms with Crippen molar-refractivity contribution < 1.29 is 17.9 Å². The van der Waals surface area contributed by atoms with Gasteiger partial charge in [0.15, 0.2) is 0 Å². The number of carbonyl (C=O) groups is 1. The number of nitrogens with zero attached hydrogens (tertiary/aromatic N) is 2. The molecule has 7 nitrogen and oxygen atoms in total. The summed E-state index contributed by atoms with van der Waals surface area (Å²) in [7, 11) is -3.48. The van der Waals surface area contributed by atoms with Gasteiger partial charge in [-0.3, -0.25) is 9.69 Å². The standard InChI is InChI=1S/C21H31N3O4S/c25-21(22-15-19-6-3-13-28-19)16-23-9-11-24(12-10-23)29(26,27)20-8-7-17-4-1-2-5-18(17)14-20/h7-8,14,19H,1-6,9-13,15-16H2,(H,22,25)/t19-/m1/s1. The lowest BCUT2D eigenvalue weighted by Gasteiger charge is -2.33. The smallest absolute Gasteiger partial charge is 0.243 e. The Kier molecular flexibility index (Phi) is 6.53. The molecule has 1 N–H and O–H groups in total. The van der Waals surface area contributed by atoms with E-state index in [1.807, 2.05) is 17.0 Å². The highest BCUT2D eigenvalue weighted by Gasteiger charge is 2.30. The van der Waals surface area contributed by atoms with Crippen molar-refractivity contribution in [2.45, 2.75) is 49.5 Å². The molecule has 2 fully saturated rings. The molecule has 0 aromatic heterocycles. The van der Waals surface area contributed by atoms with E-state index < -0.39 is 10.0 Å². The van der Waals surface area contributed by atoms with Crippen LogP contribution in [0.4, 0.5) is 0 Å². The Labute approximate surface area is 173 Å². The monoisotopic (exact) mass is 421 g/mol. The molecule has 0 radical (unpaired) electrons. The van der Waals surface area contributed by atoms with Crippen molar-refractivity contribution in [3.05, 3.63) is 29.3 Å². The number of carbonyl (C=O) groups excluding carboxylic acids is 1. The molecule has 0 bridgehead atoms. The first-order valence-corrected chi connectivity index (χ1v) is 12.2. The van der Waals surface area contributed by atoms with Crippen molar-refractivity contribution in [3.63, 3.8) is 0 Å². The Morgan fingerprint density at radius 2 is 1.83 bits per heavy atom. The summed E-state index contributed by atoms with van der Waals surface area (Å²) in [6.07, 6.45) is 6.52. The van der Waals surface area contributed by atoms with Crippen molar-refractivity contribution in [1.29, 1.82) is 0 Å². The van der Waals surface area contributed by atoms with E-state index >= 15 is 0 Å². The first kappa shape index (κ1) is 20.8. The van der Waals surface area contributed by atoms with Crippen LogP contribution < -0.4 is 5.32 Å². The number of ether oxygens (including phenoxy) is 1. The van der Waals surface area contributed by atoms with Gasteiger partial charge in [-0.05, 0) is 61.8 Å². The molecule has 0 unspecified atom stereocenters. The zero-order chi connectivity index (χ0) is 20.3. The summed E-state index contributed by atoms with van der Waals surface area (Å²) in [6, 6.07) is 5.61. The maximum atomic E-state index is 13.1. The molecule has 1 atom stereocenters. The number of nitrogens with one attached hydrogen (secondary N) is 1. The predicted molar refractivity (Wildman–Crippen MR) is 110 cm³/mol. The third-order valence-electron chi connectivity index (χ3n) is 6.21. The second-order valence-corrected chi connectivity index (χ2v) is 10.2. The van der Waals surface area contributed by atoms with E-state index in [0.29, 0.717) is 44.2 Å². The summed E-state index contributed by atoms with van der Waals surface area (Å²) in [4.78, 5) is 14.6. The van der Waals surface area contributed by atoms with E-state index in [9.17, 15) is 13.2 Å². The van der Waals surface area contributed by atoms with E-state index in [-0.39, 0.29) is 12.0 Å².